The van der Waals surface area contributed by atoms with Gasteiger partial charge in [0.1, 0.15) is 0 Å². The lowest BCUT2D eigenvalue weighted by atomic mass is 10.0. The normalized spacial score (nSPS) is 16.8. The monoisotopic (exact) mass is 485 g/mol. The lowest BCUT2D eigenvalue weighted by Gasteiger charge is -2.35. The smallest absolute Gasteiger partial charge is 0.313 e. The maximum absolute atomic E-state index is 13.6. The molecule has 3 rings (SSSR count). The zero-order chi connectivity index (χ0) is 25.0. The Balaban J connectivity index is 1.64. The molecule has 184 valence electrons. The molecular weight excluding hydrogens is 450 g/mol. The van der Waals surface area contributed by atoms with Crippen molar-refractivity contribution in [2.45, 2.75) is 71.2 Å². The highest BCUT2D eigenvalue weighted by molar-refractivity contribution is 7.89. The minimum absolute atomic E-state index is 0.221. The van der Waals surface area contributed by atoms with Gasteiger partial charge in [0.2, 0.25) is 10.0 Å². The second-order valence-electron chi connectivity index (χ2n) is 9.31. The number of benzene rings is 2. The molecular formula is C26H35N3O4S. The molecule has 0 radical (unpaired) electrons. The van der Waals surface area contributed by atoms with E-state index in [1.165, 1.54) is 0 Å². The molecule has 1 fully saturated rings. The van der Waals surface area contributed by atoms with Crippen molar-refractivity contribution < 1.29 is 18.0 Å². The van der Waals surface area contributed by atoms with E-state index in [1.807, 2.05) is 58.9 Å². The minimum atomic E-state index is -3.66. The first-order chi connectivity index (χ1) is 16.0. The molecule has 0 unspecified atom stereocenters. The van der Waals surface area contributed by atoms with Crippen LogP contribution in [0.5, 0.6) is 0 Å². The number of nitrogens with one attached hydrogen (secondary N) is 2. The maximum atomic E-state index is 13.6. The molecule has 0 bridgehead atoms. The van der Waals surface area contributed by atoms with Crippen molar-refractivity contribution in [1.82, 2.24) is 9.62 Å². The van der Waals surface area contributed by atoms with Crippen LogP contribution in [0.4, 0.5) is 5.69 Å². The van der Waals surface area contributed by atoms with Crippen LogP contribution in [0.3, 0.4) is 0 Å². The van der Waals surface area contributed by atoms with Gasteiger partial charge in [-0.2, -0.15) is 4.31 Å². The molecule has 1 atom stereocenters. The van der Waals surface area contributed by atoms with Crippen molar-refractivity contribution in [3.63, 3.8) is 0 Å². The van der Waals surface area contributed by atoms with E-state index in [-0.39, 0.29) is 12.6 Å². The number of aryl methyl sites for hydroxylation is 5. The third kappa shape index (κ3) is 5.85. The number of anilines is 1. The minimum Gasteiger partial charge on any atom is -0.348 e. The summed E-state index contributed by atoms with van der Waals surface area (Å²) in [5.41, 5.74) is 5.08. The highest BCUT2D eigenvalue weighted by Gasteiger charge is 2.35. The van der Waals surface area contributed by atoms with Crippen LogP contribution in [-0.4, -0.2) is 43.7 Å². The molecule has 1 saturated heterocycles. The first-order valence-corrected chi connectivity index (χ1v) is 13.2. The van der Waals surface area contributed by atoms with Gasteiger partial charge < -0.3 is 10.6 Å². The maximum Gasteiger partial charge on any atom is 0.313 e. The average Bonchev–Trinajstić information content (AvgIpc) is 2.75. The predicted molar refractivity (Wildman–Crippen MR) is 134 cm³/mol. The molecule has 7 nitrogen and oxygen atoms in total. The highest BCUT2D eigenvalue weighted by atomic mass is 32.2. The van der Waals surface area contributed by atoms with Gasteiger partial charge in [-0.05, 0) is 76.6 Å². The molecule has 2 N–H and O–H groups in total. The van der Waals surface area contributed by atoms with Gasteiger partial charge in [-0.3, -0.25) is 9.59 Å². The largest absolute Gasteiger partial charge is 0.348 e. The fraction of sp³-hybridized carbons (Fsp3) is 0.462. The summed E-state index contributed by atoms with van der Waals surface area (Å²) in [7, 11) is -3.66. The van der Waals surface area contributed by atoms with Gasteiger partial charge in [-0.25, -0.2) is 8.42 Å². The number of carbonyl (C=O) groups is 2. The average molecular weight is 486 g/mol. The fourth-order valence-corrected chi connectivity index (χ4v) is 6.97. The van der Waals surface area contributed by atoms with Crippen LogP contribution in [0, 0.1) is 34.6 Å². The zero-order valence-corrected chi connectivity index (χ0v) is 21.5. The molecule has 1 aliphatic rings. The quantitative estimate of drug-likeness (QED) is 0.607. The fourth-order valence-electron chi connectivity index (χ4n) is 4.84. The Hall–Kier alpha value is -2.71. The summed E-state index contributed by atoms with van der Waals surface area (Å²) >= 11 is 0. The van der Waals surface area contributed by atoms with Crippen LogP contribution in [0.25, 0.3) is 0 Å². The predicted octanol–water partition coefficient (Wildman–Crippen LogP) is 3.92. The van der Waals surface area contributed by atoms with E-state index in [2.05, 4.69) is 10.6 Å². The Morgan fingerprint density at radius 2 is 1.56 bits per heavy atom. The van der Waals surface area contributed by atoms with E-state index >= 15 is 0 Å². The molecule has 8 heteroatoms. The molecule has 2 aromatic carbocycles. The molecule has 0 spiro atoms. The van der Waals surface area contributed by atoms with Crippen molar-refractivity contribution in [1.29, 1.82) is 0 Å². The summed E-state index contributed by atoms with van der Waals surface area (Å²) in [6.07, 6.45) is 2.92. The van der Waals surface area contributed by atoms with Gasteiger partial charge in [0.05, 0.1) is 4.90 Å². The Labute approximate surface area is 203 Å². The topological polar surface area (TPSA) is 95.6 Å². The van der Waals surface area contributed by atoms with E-state index in [4.69, 9.17) is 0 Å². The number of amides is 2. The van der Waals surface area contributed by atoms with Gasteiger partial charge in [-0.1, -0.05) is 41.8 Å². The molecule has 0 aliphatic carbocycles. The van der Waals surface area contributed by atoms with Crippen molar-refractivity contribution >= 4 is 27.5 Å². The Bertz CT molecular complexity index is 1170. The molecule has 1 aliphatic heterocycles. The van der Waals surface area contributed by atoms with E-state index in [0.29, 0.717) is 23.5 Å². The summed E-state index contributed by atoms with van der Waals surface area (Å²) in [4.78, 5) is 25.0. The lowest BCUT2D eigenvalue weighted by molar-refractivity contribution is -0.136. The number of piperidine rings is 1. The summed E-state index contributed by atoms with van der Waals surface area (Å²) in [5.74, 6) is -1.46. The van der Waals surface area contributed by atoms with E-state index in [0.717, 1.165) is 47.1 Å². The number of hydrogen-bond acceptors (Lipinski definition) is 4. The van der Waals surface area contributed by atoms with Gasteiger partial charge in [0.25, 0.3) is 0 Å². The number of hydrogen-bond donors (Lipinski definition) is 2. The van der Waals surface area contributed by atoms with Crippen LogP contribution in [0.2, 0.25) is 0 Å². The van der Waals surface area contributed by atoms with Crippen LogP contribution >= 0.6 is 0 Å². The molecule has 1 heterocycles. The first-order valence-electron chi connectivity index (χ1n) is 11.8. The Morgan fingerprint density at radius 3 is 2.21 bits per heavy atom. The molecule has 0 saturated carbocycles. The highest BCUT2D eigenvalue weighted by Crippen LogP contribution is 2.31. The second-order valence-corrected chi connectivity index (χ2v) is 11.1. The molecule has 2 amide bonds. The molecule has 0 aromatic heterocycles. The molecule has 34 heavy (non-hydrogen) atoms. The van der Waals surface area contributed by atoms with Crippen LogP contribution in [-0.2, 0) is 19.6 Å². The van der Waals surface area contributed by atoms with E-state index in [1.54, 1.807) is 10.4 Å². The molecule has 2 aromatic rings. The summed E-state index contributed by atoms with van der Waals surface area (Å²) in [6, 6.07) is 9.15. The standard InChI is InChI=1S/C26H35N3O4S/c1-17-9-10-23(19(3)14-17)28-26(31)25(30)27-12-11-22-8-6-7-13-29(22)34(32,33)24-20(4)15-18(2)16-21(24)5/h9-10,14-16,22H,6-8,11-13H2,1-5H3,(H,27,30)(H,28,31)/t22-/m0/s1. The Morgan fingerprint density at radius 1 is 0.912 bits per heavy atom. The van der Waals surface area contributed by atoms with E-state index < -0.39 is 21.8 Å². The van der Waals surface area contributed by atoms with Gasteiger partial charge in [-0.15, -0.1) is 0 Å². The Kier molecular flexibility index (Phi) is 8.15. The zero-order valence-electron chi connectivity index (χ0n) is 20.7. The van der Waals surface area contributed by atoms with Gasteiger partial charge in [0, 0.05) is 24.8 Å². The van der Waals surface area contributed by atoms with Crippen LogP contribution < -0.4 is 10.6 Å². The number of rotatable bonds is 6. The van der Waals surface area contributed by atoms with Crippen molar-refractivity contribution in [3.05, 3.63) is 58.1 Å². The van der Waals surface area contributed by atoms with Crippen molar-refractivity contribution in [2.24, 2.45) is 0 Å². The third-order valence-corrected chi connectivity index (χ3v) is 8.60. The first kappa shape index (κ1) is 25.9. The third-order valence-electron chi connectivity index (χ3n) is 6.34. The number of nitrogens with zero attached hydrogens (tertiary/aromatic N) is 1. The van der Waals surface area contributed by atoms with Gasteiger partial charge in [0.15, 0.2) is 0 Å². The summed E-state index contributed by atoms with van der Waals surface area (Å²) in [5, 5.41) is 5.29. The van der Waals surface area contributed by atoms with Crippen molar-refractivity contribution in [2.75, 3.05) is 18.4 Å². The van der Waals surface area contributed by atoms with Crippen LogP contribution in [0.15, 0.2) is 35.2 Å². The lowest BCUT2D eigenvalue weighted by Crippen LogP contribution is -2.46. The number of carbonyl (C=O) groups excluding carboxylic acids is 2. The number of sulfonamides is 1. The van der Waals surface area contributed by atoms with Gasteiger partial charge >= 0.3 is 11.8 Å². The van der Waals surface area contributed by atoms with Crippen molar-refractivity contribution in [3.8, 4) is 0 Å². The van der Waals surface area contributed by atoms with Crippen LogP contribution in [0.1, 0.15) is 53.5 Å². The SMILES string of the molecule is Cc1ccc(NC(=O)C(=O)NCC[C@@H]2CCCCN2S(=O)(=O)c2c(C)cc(C)cc2C)c(C)c1. The second kappa shape index (κ2) is 10.7. The summed E-state index contributed by atoms with van der Waals surface area (Å²) < 4.78 is 28.8. The van der Waals surface area contributed by atoms with E-state index in [9.17, 15) is 18.0 Å². The summed E-state index contributed by atoms with van der Waals surface area (Å²) in [6.45, 7) is 10.1.